The SMILES string of the molecule is CCCCOCCN(CCOc1ccc(CC(OCC)C(=O)O)cc1)C(=O)Oc1ccccc1OC. The smallest absolute Gasteiger partial charge is 0.415 e. The quantitative estimate of drug-likeness (QED) is 0.316. The fraction of sp³-hybridized carbons (Fsp3) is 0.481. The van der Waals surface area contributed by atoms with Crippen molar-refractivity contribution < 1.29 is 38.4 Å². The summed E-state index contributed by atoms with van der Waals surface area (Å²) in [6.07, 6.45) is 0.860. The lowest BCUT2D eigenvalue weighted by Crippen LogP contribution is -2.39. The number of benzene rings is 2. The molecule has 0 aromatic heterocycles. The van der Waals surface area contributed by atoms with Crippen molar-refractivity contribution in [1.29, 1.82) is 0 Å². The molecule has 0 aliphatic rings. The van der Waals surface area contributed by atoms with Gasteiger partial charge in [-0.3, -0.25) is 0 Å². The van der Waals surface area contributed by atoms with Gasteiger partial charge in [0.05, 0.1) is 20.3 Å². The minimum Gasteiger partial charge on any atom is -0.493 e. The van der Waals surface area contributed by atoms with E-state index in [1.165, 1.54) is 12.0 Å². The number of carboxylic acid groups (broad SMARTS) is 1. The van der Waals surface area contributed by atoms with Crippen molar-refractivity contribution in [3.63, 3.8) is 0 Å². The number of carbonyl (C=O) groups is 2. The molecule has 0 heterocycles. The van der Waals surface area contributed by atoms with Crippen LogP contribution in [0.2, 0.25) is 0 Å². The molecular formula is C27H37NO8. The van der Waals surface area contributed by atoms with Crippen molar-refractivity contribution in [2.24, 2.45) is 0 Å². The number of hydrogen-bond donors (Lipinski definition) is 1. The number of rotatable bonds is 17. The molecule has 0 saturated heterocycles. The van der Waals surface area contributed by atoms with Gasteiger partial charge in [0, 0.05) is 26.2 Å². The third kappa shape index (κ3) is 10.1. The molecule has 0 saturated carbocycles. The molecule has 0 aliphatic heterocycles. The maximum Gasteiger partial charge on any atom is 0.415 e. The number of unbranched alkanes of at least 4 members (excludes halogenated alkanes) is 1. The molecule has 0 spiro atoms. The summed E-state index contributed by atoms with van der Waals surface area (Å²) in [7, 11) is 1.52. The molecule has 2 aromatic rings. The highest BCUT2D eigenvalue weighted by Gasteiger charge is 2.19. The Balaban J connectivity index is 1.93. The van der Waals surface area contributed by atoms with Gasteiger partial charge < -0.3 is 33.7 Å². The highest BCUT2D eigenvalue weighted by molar-refractivity contribution is 5.73. The molecular weight excluding hydrogens is 466 g/mol. The maximum absolute atomic E-state index is 12.9. The second-order valence-electron chi connectivity index (χ2n) is 7.95. The summed E-state index contributed by atoms with van der Waals surface area (Å²) in [4.78, 5) is 25.7. The Hall–Kier alpha value is -3.30. The number of para-hydroxylation sites is 2. The Morgan fingerprint density at radius 3 is 2.28 bits per heavy atom. The lowest BCUT2D eigenvalue weighted by molar-refractivity contribution is -0.149. The maximum atomic E-state index is 12.9. The van der Waals surface area contributed by atoms with Gasteiger partial charge in [-0.05, 0) is 43.2 Å². The van der Waals surface area contributed by atoms with Crippen molar-refractivity contribution in [3.8, 4) is 17.2 Å². The van der Waals surface area contributed by atoms with E-state index in [9.17, 15) is 14.7 Å². The van der Waals surface area contributed by atoms with Crippen LogP contribution in [-0.2, 0) is 20.7 Å². The molecule has 36 heavy (non-hydrogen) atoms. The minimum absolute atomic E-state index is 0.242. The van der Waals surface area contributed by atoms with Crippen LogP contribution >= 0.6 is 0 Å². The predicted molar refractivity (Wildman–Crippen MR) is 135 cm³/mol. The van der Waals surface area contributed by atoms with E-state index in [0.29, 0.717) is 43.6 Å². The van der Waals surface area contributed by atoms with Crippen molar-refractivity contribution >= 4 is 12.1 Å². The van der Waals surface area contributed by atoms with Gasteiger partial charge in [0.1, 0.15) is 12.4 Å². The number of amides is 1. The first-order valence-corrected chi connectivity index (χ1v) is 12.2. The fourth-order valence-electron chi connectivity index (χ4n) is 3.31. The van der Waals surface area contributed by atoms with E-state index in [-0.39, 0.29) is 19.6 Å². The molecule has 2 aromatic carbocycles. The van der Waals surface area contributed by atoms with Gasteiger partial charge in [0.15, 0.2) is 17.6 Å². The summed E-state index contributed by atoms with van der Waals surface area (Å²) >= 11 is 0. The zero-order chi connectivity index (χ0) is 26.2. The lowest BCUT2D eigenvalue weighted by Gasteiger charge is -2.22. The summed E-state index contributed by atoms with van der Waals surface area (Å²) < 4.78 is 27.5. The largest absolute Gasteiger partial charge is 0.493 e. The van der Waals surface area contributed by atoms with Gasteiger partial charge in [-0.15, -0.1) is 0 Å². The molecule has 1 atom stereocenters. The third-order valence-electron chi connectivity index (χ3n) is 5.29. The zero-order valence-electron chi connectivity index (χ0n) is 21.3. The highest BCUT2D eigenvalue weighted by atomic mass is 16.6. The predicted octanol–water partition coefficient (Wildman–Crippen LogP) is 4.42. The van der Waals surface area contributed by atoms with Gasteiger partial charge >= 0.3 is 12.1 Å². The van der Waals surface area contributed by atoms with E-state index in [4.69, 9.17) is 23.7 Å². The third-order valence-corrected chi connectivity index (χ3v) is 5.29. The Bertz CT molecular complexity index is 918. The van der Waals surface area contributed by atoms with Crippen LogP contribution in [0, 0.1) is 0 Å². The Morgan fingerprint density at radius 1 is 0.944 bits per heavy atom. The average molecular weight is 504 g/mol. The van der Waals surface area contributed by atoms with Crippen LogP contribution in [0.3, 0.4) is 0 Å². The van der Waals surface area contributed by atoms with E-state index < -0.39 is 18.2 Å². The van der Waals surface area contributed by atoms with Gasteiger partial charge in [0.25, 0.3) is 0 Å². The number of hydrogen-bond acceptors (Lipinski definition) is 7. The molecule has 0 bridgehead atoms. The molecule has 0 fully saturated rings. The molecule has 1 N–H and O–H groups in total. The highest BCUT2D eigenvalue weighted by Crippen LogP contribution is 2.26. The molecule has 1 amide bonds. The average Bonchev–Trinajstić information content (AvgIpc) is 2.88. The minimum atomic E-state index is -0.990. The number of methoxy groups -OCH3 is 1. The van der Waals surface area contributed by atoms with Crippen molar-refractivity contribution in [1.82, 2.24) is 4.90 Å². The van der Waals surface area contributed by atoms with E-state index in [2.05, 4.69) is 6.92 Å². The number of nitrogens with zero attached hydrogens (tertiary/aromatic N) is 1. The fourth-order valence-corrected chi connectivity index (χ4v) is 3.31. The van der Waals surface area contributed by atoms with Gasteiger partial charge in [-0.2, -0.15) is 0 Å². The summed E-state index contributed by atoms with van der Waals surface area (Å²) in [5, 5.41) is 9.25. The van der Waals surface area contributed by atoms with Crippen molar-refractivity contribution in [2.75, 3.05) is 46.6 Å². The van der Waals surface area contributed by atoms with Crippen LogP contribution in [0.25, 0.3) is 0 Å². The van der Waals surface area contributed by atoms with Crippen molar-refractivity contribution in [2.45, 2.75) is 39.2 Å². The lowest BCUT2D eigenvalue weighted by atomic mass is 10.1. The van der Waals surface area contributed by atoms with E-state index >= 15 is 0 Å². The van der Waals surface area contributed by atoms with Gasteiger partial charge in [-0.1, -0.05) is 37.6 Å². The number of carbonyl (C=O) groups excluding carboxylic acids is 1. The number of carboxylic acids is 1. The molecule has 1 unspecified atom stereocenters. The van der Waals surface area contributed by atoms with Crippen molar-refractivity contribution in [3.05, 3.63) is 54.1 Å². The van der Waals surface area contributed by atoms with Crippen LogP contribution in [0.1, 0.15) is 32.3 Å². The Labute approximate surface area is 212 Å². The van der Waals surface area contributed by atoms with Gasteiger partial charge in [-0.25, -0.2) is 9.59 Å². The van der Waals surface area contributed by atoms with Crippen LogP contribution in [0.5, 0.6) is 17.2 Å². The number of ether oxygens (including phenoxy) is 5. The van der Waals surface area contributed by atoms with E-state index in [1.54, 1.807) is 55.5 Å². The summed E-state index contributed by atoms with van der Waals surface area (Å²) in [5.41, 5.74) is 0.828. The molecule has 2 rings (SSSR count). The molecule has 9 heteroatoms. The Morgan fingerprint density at radius 2 is 1.64 bits per heavy atom. The molecule has 198 valence electrons. The summed E-state index contributed by atoms with van der Waals surface area (Å²) in [6, 6.07) is 14.1. The first-order valence-electron chi connectivity index (χ1n) is 12.2. The normalized spacial score (nSPS) is 11.5. The number of aliphatic carboxylic acids is 1. The summed E-state index contributed by atoms with van der Waals surface area (Å²) in [6.45, 7) is 6.10. The zero-order valence-corrected chi connectivity index (χ0v) is 21.3. The standard InChI is InChI=1S/C27H37NO8/c1-4-6-17-33-18-15-28(27(31)36-24-10-8-7-9-23(24)32-3)16-19-35-22-13-11-21(12-14-22)20-25(26(29)30)34-5-2/h7-14,25H,4-6,15-20H2,1-3H3,(H,29,30). The van der Waals surface area contributed by atoms with Crippen LogP contribution < -0.4 is 14.2 Å². The van der Waals surface area contributed by atoms with Gasteiger partial charge in [0.2, 0.25) is 0 Å². The monoisotopic (exact) mass is 503 g/mol. The molecule has 0 aliphatic carbocycles. The van der Waals surface area contributed by atoms with E-state index in [0.717, 1.165) is 18.4 Å². The van der Waals surface area contributed by atoms with Crippen LogP contribution in [0.15, 0.2) is 48.5 Å². The summed E-state index contributed by atoms with van der Waals surface area (Å²) in [5.74, 6) is 0.427. The topological polar surface area (TPSA) is 104 Å². The Kier molecular flexibility index (Phi) is 13.2. The second kappa shape index (κ2) is 16.4. The molecule has 9 nitrogen and oxygen atoms in total. The van der Waals surface area contributed by atoms with Crippen LogP contribution in [-0.4, -0.2) is 74.8 Å². The van der Waals surface area contributed by atoms with E-state index in [1.807, 2.05) is 0 Å². The second-order valence-corrected chi connectivity index (χ2v) is 7.95. The first-order chi connectivity index (χ1) is 17.5. The first kappa shape index (κ1) is 28.9. The van der Waals surface area contributed by atoms with Crippen LogP contribution in [0.4, 0.5) is 4.79 Å². The molecule has 0 radical (unpaired) electrons.